The molecule has 2 amide bonds. The average molecular weight is 491 g/mol. The van der Waals surface area contributed by atoms with E-state index in [1.54, 1.807) is 30.3 Å². The third-order valence-corrected chi connectivity index (χ3v) is 5.85. The van der Waals surface area contributed by atoms with E-state index in [9.17, 15) is 14.4 Å². The van der Waals surface area contributed by atoms with Gasteiger partial charge < -0.3 is 19.2 Å². The van der Waals surface area contributed by atoms with Gasteiger partial charge in [-0.25, -0.2) is 0 Å². The summed E-state index contributed by atoms with van der Waals surface area (Å²) in [7, 11) is 0. The number of nitrogens with one attached hydrogen (secondary N) is 1. The number of anilines is 1. The van der Waals surface area contributed by atoms with Gasteiger partial charge in [0.1, 0.15) is 17.3 Å². The zero-order valence-electron chi connectivity index (χ0n) is 20.9. The fourth-order valence-corrected chi connectivity index (χ4v) is 3.92. The lowest BCUT2D eigenvalue weighted by atomic mass is 10.1. The molecule has 1 aliphatic heterocycles. The molecule has 3 aromatic rings. The molecule has 4 rings (SSSR count). The normalized spacial score (nSPS) is 12.8. The molecular weight excluding hydrogens is 460 g/mol. The van der Waals surface area contributed by atoms with E-state index in [4.69, 9.17) is 13.9 Å². The molecule has 8 nitrogen and oxygen atoms in total. The second kappa shape index (κ2) is 10.7. The lowest BCUT2D eigenvalue weighted by molar-refractivity contribution is -0.121. The minimum Gasteiger partial charge on any atom is -0.485 e. The molecule has 8 heteroatoms. The highest BCUT2D eigenvalue weighted by Crippen LogP contribution is 2.34. The quantitative estimate of drug-likeness (QED) is 0.445. The molecule has 2 heterocycles. The average Bonchev–Trinajstić information content (AvgIpc) is 3.32. The molecule has 0 aliphatic carbocycles. The largest absolute Gasteiger partial charge is 0.485 e. The van der Waals surface area contributed by atoms with E-state index in [2.05, 4.69) is 5.32 Å². The van der Waals surface area contributed by atoms with Gasteiger partial charge in [0, 0.05) is 12.1 Å². The number of hydrogen-bond donors (Lipinski definition) is 1. The van der Waals surface area contributed by atoms with E-state index in [1.165, 1.54) is 4.90 Å². The summed E-state index contributed by atoms with van der Waals surface area (Å²) in [6, 6.07) is 14.0. The third-order valence-electron chi connectivity index (χ3n) is 5.85. The number of aryl methyl sites for hydroxylation is 2. The number of Topliss-reactive ketones (excluding diaryl/α,β-unsaturated/α-hetero) is 1. The first-order valence-electron chi connectivity index (χ1n) is 11.9. The third kappa shape index (κ3) is 5.59. The van der Waals surface area contributed by atoms with Crippen molar-refractivity contribution in [3.8, 4) is 11.5 Å². The zero-order chi connectivity index (χ0) is 25.8. The van der Waals surface area contributed by atoms with Crippen LogP contribution < -0.4 is 19.7 Å². The second-order valence-electron chi connectivity index (χ2n) is 9.25. The Morgan fingerprint density at radius 3 is 2.56 bits per heavy atom. The van der Waals surface area contributed by atoms with E-state index in [0.717, 1.165) is 11.1 Å². The first-order valence-corrected chi connectivity index (χ1v) is 11.9. The van der Waals surface area contributed by atoms with Crippen LogP contribution in [0.3, 0.4) is 0 Å². The van der Waals surface area contributed by atoms with Crippen molar-refractivity contribution in [2.75, 3.05) is 24.7 Å². The van der Waals surface area contributed by atoms with E-state index in [0.29, 0.717) is 41.0 Å². The highest BCUT2D eigenvalue weighted by Gasteiger charge is 2.28. The SMILES string of the molecule is Cc1cccc(C)c1OCC(=O)c1ccc2c(c1)N(Cc1ccc(C(=O)NCC(C)C)o1)C(=O)CO2. The summed E-state index contributed by atoms with van der Waals surface area (Å²) >= 11 is 0. The number of ketones is 1. The molecule has 0 bridgehead atoms. The van der Waals surface area contributed by atoms with Gasteiger partial charge in [-0.05, 0) is 61.2 Å². The van der Waals surface area contributed by atoms with Gasteiger partial charge in [0.15, 0.2) is 24.8 Å². The molecule has 1 aromatic heterocycles. The van der Waals surface area contributed by atoms with Gasteiger partial charge in [-0.2, -0.15) is 0 Å². The van der Waals surface area contributed by atoms with Crippen LogP contribution in [0.15, 0.2) is 52.9 Å². The molecule has 0 unspecified atom stereocenters. The summed E-state index contributed by atoms with van der Waals surface area (Å²) in [5, 5.41) is 2.81. The van der Waals surface area contributed by atoms with Crippen molar-refractivity contribution < 1.29 is 28.3 Å². The number of ether oxygens (including phenoxy) is 2. The fraction of sp³-hybridized carbons (Fsp3) is 0.321. The standard InChI is InChI=1S/C28H30N2O6/c1-17(2)13-29-28(33)25-11-9-21(36-25)14-30-22-12-20(8-10-24(22)34-16-26(30)32)23(31)15-35-27-18(3)6-5-7-19(27)4/h5-12,17H,13-16H2,1-4H3,(H,29,33). The summed E-state index contributed by atoms with van der Waals surface area (Å²) in [4.78, 5) is 39.4. The molecule has 188 valence electrons. The van der Waals surface area contributed by atoms with Gasteiger partial charge in [0.05, 0.1) is 12.2 Å². The van der Waals surface area contributed by atoms with Crippen LogP contribution in [-0.2, 0) is 11.3 Å². The Labute approximate surface area is 210 Å². The predicted octanol–water partition coefficient (Wildman–Crippen LogP) is 4.47. The van der Waals surface area contributed by atoms with Crippen molar-refractivity contribution in [1.82, 2.24) is 5.32 Å². The lowest BCUT2D eigenvalue weighted by Crippen LogP contribution is -2.38. The van der Waals surface area contributed by atoms with Crippen molar-refractivity contribution >= 4 is 23.3 Å². The highest BCUT2D eigenvalue weighted by molar-refractivity contribution is 6.02. The minimum atomic E-state index is -0.305. The van der Waals surface area contributed by atoms with Gasteiger partial charge in [-0.15, -0.1) is 0 Å². The molecule has 1 aliphatic rings. The molecule has 36 heavy (non-hydrogen) atoms. The summed E-state index contributed by atoms with van der Waals surface area (Å²) in [6.07, 6.45) is 0. The number of para-hydroxylation sites is 1. The number of nitrogens with zero attached hydrogens (tertiary/aromatic N) is 1. The number of fused-ring (bicyclic) bond motifs is 1. The molecule has 1 N–H and O–H groups in total. The second-order valence-corrected chi connectivity index (χ2v) is 9.25. The van der Waals surface area contributed by atoms with Crippen LogP contribution in [0.25, 0.3) is 0 Å². The van der Waals surface area contributed by atoms with Crippen LogP contribution in [0.1, 0.15) is 51.6 Å². The molecular formula is C28H30N2O6. The van der Waals surface area contributed by atoms with Crippen molar-refractivity contribution in [2.24, 2.45) is 5.92 Å². The van der Waals surface area contributed by atoms with Crippen LogP contribution >= 0.6 is 0 Å². The van der Waals surface area contributed by atoms with Gasteiger partial charge >= 0.3 is 0 Å². The molecule has 0 fully saturated rings. The number of benzene rings is 2. The molecule has 0 saturated heterocycles. The molecule has 0 spiro atoms. The van der Waals surface area contributed by atoms with Crippen molar-refractivity contribution in [1.29, 1.82) is 0 Å². The number of amides is 2. The predicted molar refractivity (Wildman–Crippen MR) is 135 cm³/mol. The van der Waals surface area contributed by atoms with E-state index >= 15 is 0 Å². The Morgan fingerprint density at radius 1 is 1.08 bits per heavy atom. The van der Waals surface area contributed by atoms with Gasteiger partial charge in [-0.3, -0.25) is 19.3 Å². The Balaban J connectivity index is 1.50. The summed E-state index contributed by atoms with van der Waals surface area (Å²) in [5.74, 6) is 1.31. The van der Waals surface area contributed by atoms with Crippen molar-refractivity contribution in [2.45, 2.75) is 34.2 Å². The van der Waals surface area contributed by atoms with E-state index in [-0.39, 0.29) is 43.1 Å². The van der Waals surface area contributed by atoms with Crippen LogP contribution in [0, 0.1) is 19.8 Å². The fourth-order valence-electron chi connectivity index (χ4n) is 3.92. The van der Waals surface area contributed by atoms with Crippen molar-refractivity contribution in [3.63, 3.8) is 0 Å². The number of carbonyl (C=O) groups excluding carboxylic acids is 3. The number of carbonyl (C=O) groups is 3. The number of rotatable bonds is 9. The first-order chi connectivity index (χ1) is 17.2. The van der Waals surface area contributed by atoms with Crippen LogP contribution in [0.5, 0.6) is 11.5 Å². The lowest BCUT2D eigenvalue weighted by Gasteiger charge is -2.29. The molecule has 0 saturated carbocycles. The van der Waals surface area contributed by atoms with Crippen LogP contribution in [0.4, 0.5) is 5.69 Å². The summed E-state index contributed by atoms with van der Waals surface area (Å²) in [5.41, 5.74) is 2.77. The van der Waals surface area contributed by atoms with E-state index in [1.807, 2.05) is 45.9 Å². The van der Waals surface area contributed by atoms with Crippen LogP contribution in [0.2, 0.25) is 0 Å². The summed E-state index contributed by atoms with van der Waals surface area (Å²) in [6.45, 7) is 8.25. The van der Waals surface area contributed by atoms with Gasteiger partial charge in [-0.1, -0.05) is 32.0 Å². The van der Waals surface area contributed by atoms with Gasteiger partial charge in [0.25, 0.3) is 11.8 Å². The Morgan fingerprint density at radius 2 is 1.83 bits per heavy atom. The Bertz CT molecular complexity index is 1270. The smallest absolute Gasteiger partial charge is 0.287 e. The Hall–Kier alpha value is -4.07. The monoisotopic (exact) mass is 490 g/mol. The molecule has 2 aromatic carbocycles. The summed E-state index contributed by atoms with van der Waals surface area (Å²) < 4.78 is 17.1. The molecule has 0 radical (unpaired) electrons. The topological polar surface area (TPSA) is 98.1 Å². The number of hydrogen-bond acceptors (Lipinski definition) is 6. The van der Waals surface area contributed by atoms with Gasteiger partial charge in [0.2, 0.25) is 0 Å². The zero-order valence-corrected chi connectivity index (χ0v) is 20.9. The Kier molecular flexibility index (Phi) is 7.43. The highest BCUT2D eigenvalue weighted by atomic mass is 16.5. The maximum absolute atomic E-state index is 12.9. The van der Waals surface area contributed by atoms with Crippen molar-refractivity contribution in [3.05, 3.63) is 76.7 Å². The van der Waals surface area contributed by atoms with Crippen LogP contribution in [-0.4, -0.2) is 37.4 Å². The number of furan rings is 1. The maximum Gasteiger partial charge on any atom is 0.287 e. The maximum atomic E-state index is 12.9. The first kappa shape index (κ1) is 25.0. The molecule has 0 atom stereocenters. The van der Waals surface area contributed by atoms with E-state index < -0.39 is 0 Å². The minimum absolute atomic E-state index is 0.100.